The number of oxazole rings is 1. The summed E-state index contributed by atoms with van der Waals surface area (Å²) in [5.41, 5.74) is 1.38. The third-order valence-corrected chi connectivity index (χ3v) is 5.92. The maximum Gasteiger partial charge on any atom is 0.262 e. The van der Waals surface area contributed by atoms with Crippen LogP contribution in [0.4, 0.5) is 5.69 Å². The number of para-hydroxylation sites is 2. The summed E-state index contributed by atoms with van der Waals surface area (Å²) < 4.78 is 44.4. The highest BCUT2D eigenvalue weighted by Crippen LogP contribution is 2.29. The van der Waals surface area contributed by atoms with Gasteiger partial charge in [0.05, 0.1) is 30.4 Å². The van der Waals surface area contributed by atoms with Crippen LogP contribution in [-0.2, 0) is 14.8 Å². The van der Waals surface area contributed by atoms with E-state index in [1.807, 2.05) is 13.8 Å². The van der Waals surface area contributed by atoms with Crippen molar-refractivity contribution in [3.63, 3.8) is 0 Å². The van der Waals surface area contributed by atoms with Crippen molar-refractivity contribution in [2.24, 2.45) is 0 Å². The van der Waals surface area contributed by atoms with Gasteiger partial charge >= 0.3 is 0 Å². The van der Waals surface area contributed by atoms with E-state index in [1.165, 1.54) is 31.0 Å². The zero-order chi connectivity index (χ0) is 20.1. The Labute approximate surface area is 168 Å². The number of anilines is 1. The molecular formula is C19H22N2O5S2. The monoisotopic (exact) mass is 422 g/mol. The molecule has 0 bridgehead atoms. The Balaban J connectivity index is 1.77. The molecule has 28 heavy (non-hydrogen) atoms. The van der Waals surface area contributed by atoms with Crippen LogP contribution >= 0.6 is 11.8 Å². The Kier molecular flexibility index (Phi) is 6.48. The Morgan fingerprint density at radius 1 is 1.21 bits per heavy atom. The summed E-state index contributed by atoms with van der Waals surface area (Å²) in [5, 5.41) is 0.481. The lowest BCUT2D eigenvalue weighted by atomic mass is 10.3. The highest BCUT2D eigenvalue weighted by molar-refractivity contribution is 7.99. The number of sulfonamides is 1. The first-order chi connectivity index (χ1) is 13.4. The highest BCUT2D eigenvalue weighted by atomic mass is 32.2. The minimum absolute atomic E-state index is 0.0962. The van der Waals surface area contributed by atoms with Crippen LogP contribution in [0.3, 0.4) is 0 Å². The second kappa shape index (κ2) is 8.85. The van der Waals surface area contributed by atoms with E-state index in [2.05, 4.69) is 9.71 Å². The molecule has 0 spiro atoms. The largest absolute Gasteiger partial charge is 0.495 e. The maximum absolute atomic E-state index is 12.7. The number of hydrogen-bond acceptors (Lipinski definition) is 7. The van der Waals surface area contributed by atoms with E-state index in [0.29, 0.717) is 40.1 Å². The molecule has 0 radical (unpaired) electrons. The van der Waals surface area contributed by atoms with Gasteiger partial charge in [-0.3, -0.25) is 4.72 Å². The van der Waals surface area contributed by atoms with E-state index in [0.717, 1.165) is 0 Å². The number of nitrogens with one attached hydrogen (secondary N) is 1. The molecule has 3 aromatic rings. The number of aromatic nitrogens is 1. The standard InChI is InChI=1S/C19H22N2O5S2/c1-13(2)25-10-11-27-19-20-16-12-14(8-9-18(16)26-19)28(22,23)21-15-6-4-5-7-17(15)24-3/h4-9,12-13,21H,10-11H2,1-3H3. The van der Waals surface area contributed by atoms with Gasteiger partial charge in [-0.1, -0.05) is 23.9 Å². The van der Waals surface area contributed by atoms with Gasteiger partial charge in [-0.05, 0) is 44.2 Å². The van der Waals surface area contributed by atoms with Crippen molar-refractivity contribution in [2.75, 3.05) is 24.2 Å². The van der Waals surface area contributed by atoms with E-state index >= 15 is 0 Å². The SMILES string of the molecule is COc1ccccc1NS(=O)(=O)c1ccc2oc(SCCOC(C)C)nc2c1. The van der Waals surface area contributed by atoms with Crippen LogP contribution in [0, 0.1) is 0 Å². The predicted molar refractivity (Wildman–Crippen MR) is 110 cm³/mol. The number of ether oxygens (including phenoxy) is 2. The summed E-state index contributed by atoms with van der Waals surface area (Å²) in [6.45, 7) is 4.54. The molecule has 0 saturated heterocycles. The second-order valence-corrected chi connectivity index (χ2v) is 8.91. The number of fused-ring (bicyclic) bond motifs is 1. The normalized spacial score (nSPS) is 11.9. The molecule has 0 atom stereocenters. The molecule has 0 aliphatic rings. The minimum atomic E-state index is -3.80. The Morgan fingerprint density at radius 3 is 2.75 bits per heavy atom. The fraction of sp³-hybridized carbons (Fsp3) is 0.316. The Morgan fingerprint density at radius 2 is 2.00 bits per heavy atom. The molecule has 0 amide bonds. The van der Waals surface area contributed by atoms with Crippen LogP contribution in [0.5, 0.6) is 5.75 Å². The van der Waals surface area contributed by atoms with Crippen LogP contribution in [0.25, 0.3) is 11.1 Å². The zero-order valence-electron chi connectivity index (χ0n) is 15.8. The van der Waals surface area contributed by atoms with Crippen LogP contribution < -0.4 is 9.46 Å². The molecule has 0 saturated carbocycles. The van der Waals surface area contributed by atoms with E-state index < -0.39 is 10.0 Å². The fourth-order valence-electron chi connectivity index (χ4n) is 2.46. The summed E-state index contributed by atoms with van der Waals surface area (Å²) in [6, 6.07) is 11.4. The number of thioether (sulfide) groups is 1. The third-order valence-electron chi connectivity index (χ3n) is 3.76. The van der Waals surface area contributed by atoms with Crippen molar-refractivity contribution in [1.82, 2.24) is 4.98 Å². The summed E-state index contributed by atoms with van der Waals surface area (Å²) >= 11 is 1.42. The molecule has 9 heteroatoms. The smallest absolute Gasteiger partial charge is 0.262 e. The van der Waals surface area contributed by atoms with Gasteiger partial charge in [0.15, 0.2) is 5.58 Å². The molecule has 0 aliphatic carbocycles. The number of methoxy groups -OCH3 is 1. The number of hydrogen-bond donors (Lipinski definition) is 1. The van der Waals surface area contributed by atoms with Gasteiger partial charge in [0.25, 0.3) is 15.2 Å². The van der Waals surface area contributed by atoms with Gasteiger partial charge < -0.3 is 13.9 Å². The first-order valence-corrected chi connectivity index (χ1v) is 11.2. The van der Waals surface area contributed by atoms with Crippen LogP contribution in [0.1, 0.15) is 13.8 Å². The molecule has 1 aromatic heterocycles. The quantitative estimate of drug-likeness (QED) is 0.409. The lowest BCUT2D eigenvalue weighted by molar-refractivity contribution is 0.0919. The van der Waals surface area contributed by atoms with E-state index in [4.69, 9.17) is 13.9 Å². The predicted octanol–water partition coefficient (Wildman–Crippen LogP) is 4.15. The lowest BCUT2D eigenvalue weighted by Gasteiger charge is -2.11. The summed E-state index contributed by atoms with van der Waals surface area (Å²) in [5.74, 6) is 1.14. The van der Waals surface area contributed by atoms with Crippen molar-refractivity contribution in [3.05, 3.63) is 42.5 Å². The van der Waals surface area contributed by atoms with Crippen LogP contribution in [0.15, 0.2) is 57.0 Å². The molecule has 150 valence electrons. The maximum atomic E-state index is 12.7. The molecule has 7 nitrogen and oxygen atoms in total. The van der Waals surface area contributed by atoms with Crippen molar-refractivity contribution < 1.29 is 22.3 Å². The summed E-state index contributed by atoms with van der Waals surface area (Å²) in [4.78, 5) is 4.46. The molecule has 0 aliphatic heterocycles. The second-order valence-electron chi connectivity index (χ2n) is 6.18. The van der Waals surface area contributed by atoms with E-state index in [-0.39, 0.29) is 11.0 Å². The molecule has 2 aromatic carbocycles. The van der Waals surface area contributed by atoms with E-state index in [9.17, 15) is 8.42 Å². The third kappa shape index (κ3) is 4.98. The summed E-state index contributed by atoms with van der Waals surface area (Å²) in [7, 11) is -2.31. The van der Waals surface area contributed by atoms with Gasteiger partial charge in [0.1, 0.15) is 11.3 Å². The molecule has 0 unspecified atom stereocenters. The van der Waals surface area contributed by atoms with Crippen molar-refractivity contribution in [2.45, 2.75) is 30.1 Å². The van der Waals surface area contributed by atoms with Gasteiger partial charge in [0.2, 0.25) is 0 Å². The van der Waals surface area contributed by atoms with Crippen molar-refractivity contribution in [1.29, 1.82) is 0 Å². The van der Waals surface area contributed by atoms with E-state index in [1.54, 1.807) is 30.3 Å². The Hall–Kier alpha value is -2.23. The lowest BCUT2D eigenvalue weighted by Crippen LogP contribution is -2.13. The molecule has 1 N–H and O–H groups in total. The van der Waals surface area contributed by atoms with Gasteiger partial charge in [-0.25, -0.2) is 13.4 Å². The topological polar surface area (TPSA) is 90.7 Å². The molecule has 1 heterocycles. The first kappa shape index (κ1) is 20.5. The van der Waals surface area contributed by atoms with Crippen molar-refractivity contribution in [3.8, 4) is 5.75 Å². The number of benzene rings is 2. The average molecular weight is 423 g/mol. The van der Waals surface area contributed by atoms with Gasteiger partial charge in [-0.15, -0.1) is 0 Å². The van der Waals surface area contributed by atoms with Gasteiger partial charge in [-0.2, -0.15) is 0 Å². The molecule has 3 rings (SSSR count). The zero-order valence-corrected chi connectivity index (χ0v) is 17.5. The van der Waals surface area contributed by atoms with Crippen molar-refractivity contribution >= 4 is 38.6 Å². The van der Waals surface area contributed by atoms with Gasteiger partial charge in [0, 0.05) is 5.75 Å². The fourth-order valence-corrected chi connectivity index (χ4v) is 4.22. The first-order valence-electron chi connectivity index (χ1n) is 8.70. The molecule has 0 fully saturated rings. The molecular weight excluding hydrogens is 400 g/mol. The highest BCUT2D eigenvalue weighted by Gasteiger charge is 2.18. The Bertz CT molecular complexity index is 1050. The number of rotatable bonds is 9. The summed E-state index contributed by atoms with van der Waals surface area (Å²) in [6.07, 6.45) is 0.174. The minimum Gasteiger partial charge on any atom is -0.495 e. The van der Waals surface area contributed by atoms with Crippen LogP contribution in [-0.4, -0.2) is 39.0 Å². The number of nitrogens with zero attached hydrogens (tertiary/aromatic N) is 1. The van der Waals surface area contributed by atoms with Crippen LogP contribution in [0.2, 0.25) is 0 Å². The average Bonchev–Trinajstić information content (AvgIpc) is 3.07.